The molecule has 122 valence electrons. The van der Waals surface area contributed by atoms with Crippen molar-refractivity contribution in [1.29, 1.82) is 0 Å². The number of carbonyl (C=O) groups is 1. The van der Waals surface area contributed by atoms with Gasteiger partial charge in [-0.05, 0) is 6.92 Å². The van der Waals surface area contributed by atoms with Gasteiger partial charge in [-0.2, -0.15) is 22.0 Å². The minimum atomic E-state index is -6.02. The Bertz CT molecular complexity index is 450. The summed E-state index contributed by atoms with van der Waals surface area (Å²) in [6.45, 7) is 0.638. The van der Waals surface area contributed by atoms with E-state index in [2.05, 4.69) is 20.8 Å². The average Bonchev–Trinajstić information content (AvgIpc) is 2.32. The number of hydrogen-bond acceptors (Lipinski definition) is 5. The van der Waals surface area contributed by atoms with E-state index >= 15 is 0 Å². The molecule has 1 heterocycles. The molecule has 11 heteroatoms. The molecular formula is C10H10F6O5. The van der Waals surface area contributed by atoms with Crippen molar-refractivity contribution in [3.05, 3.63) is 12.2 Å². The van der Waals surface area contributed by atoms with Crippen LogP contribution in [0.1, 0.15) is 6.92 Å². The fourth-order valence-corrected chi connectivity index (χ4v) is 1.32. The summed E-state index contributed by atoms with van der Waals surface area (Å²) in [6, 6.07) is 0. The van der Waals surface area contributed by atoms with E-state index in [0.717, 1.165) is 6.92 Å². The maximum absolute atomic E-state index is 14.0. The van der Waals surface area contributed by atoms with Crippen LogP contribution in [0.4, 0.5) is 26.3 Å². The Balaban J connectivity index is 3.07. The molecular weight excluding hydrogens is 314 g/mol. The van der Waals surface area contributed by atoms with Crippen molar-refractivity contribution in [1.82, 2.24) is 0 Å². The highest BCUT2D eigenvalue weighted by atomic mass is 19.4. The summed E-state index contributed by atoms with van der Waals surface area (Å²) in [4.78, 5) is 11.0. The first-order valence-electron chi connectivity index (χ1n) is 5.25. The quantitative estimate of drug-likeness (QED) is 0.486. The maximum atomic E-state index is 14.0. The van der Waals surface area contributed by atoms with Gasteiger partial charge in [0.1, 0.15) is 0 Å². The fraction of sp³-hybridized carbons (Fsp3) is 0.700. The molecule has 0 aromatic carbocycles. The van der Waals surface area contributed by atoms with Crippen LogP contribution in [0.3, 0.4) is 0 Å². The summed E-state index contributed by atoms with van der Waals surface area (Å²) >= 11 is 0. The van der Waals surface area contributed by atoms with Crippen LogP contribution >= 0.6 is 0 Å². The second-order valence-electron chi connectivity index (χ2n) is 4.21. The third-order valence-corrected chi connectivity index (χ3v) is 2.57. The van der Waals surface area contributed by atoms with E-state index in [1.165, 1.54) is 0 Å². The highest BCUT2D eigenvalue weighted by Gasteiger charge is 2.82. The lowest BCUT2D eigenvalue weighted by molar-refractivity contribution is -0.521. The molecule has 1 aliphatic heterocycles. The Morgan fingerprint density at radius 2 is 1.86 bits per heavy atom. The fourth-order valence-electron chi connectivity index (χ4n) is 1.32. The monoisotopic (exact) mass is 324 g/mol. The van der Waals surface area contributed by atoms with Crippen LogP contribution in [0.15, 0.2) is 12.2 Å². The highest BCUT2D eigenvalue weighted by molar-refractivity contribution is 5.86. The Kier molecular flexibility index (Phi) is 4.34. The topological polar surface area (TPSA) is 65.0 Å². The largest absolute Gasteiger partial charge is 0.456 e. The Morgan fingerprint density at radius 3 is 2.29 bits per heavy atom. The van der Waals surface area contributed by atoms with Crippen molar-refractivity contribution >= 4 is 5.97 Å². The van der Waals surface area contributed by atoms with E-state index in [0.29, 0.717) is 0 Å². The summed E-state index contributed by atoms with van der Waals surface area (Å²) < 4.78 is 90.0. The number of carbonyl (C=O) groups excluding carboxylic acids is 1. The lowest BCUT2D eigenvalue weighted by Gasteiger charge is -2.46. The Hall–Kier alpha value is -1.33. The second-order valence-corrected chi connectivity index (χ2v) is 4.21. The van der Waals surface area contributed by atoms with Gasteiger partial charge >= 0.3 is 29.7 Å². The summed E-state index contributed by atoms with van der Waals surface area (Å²) in [5, 5.41) is 8.97. The van der Waals surface area contributed by atoms with E-state index < -0.39 is 43.1 Å². The van der Waals surface area contributed by atoms with Gasteiger partial charge in [-0.15, -0.1) is 0 Å². The molecule has 5 nitrogen and oxygen atoms in total. The van der Waals surface area contributed by atoms with Gasteiger partial charge in [0.2, 0.25) is 0 Å². The standard InChI is InChI=1S/C10H10F6O5/c1-5(2)6(17)19-3-7(11)8(12,13)9(18,10(14,15)16)21-4-20-7/h18H,1,3-4H2,2H3. The first kappa shape index (κ1) is 17.7. The molecule has 0 radical (unpaired) electrons. The van der Waals surface area contributed by atoms with Crippen molar-refractivity contribution in [2.24, 2.45) is 0 Å². The molecule has 1 saturated heterocycles. The van der Waals surface area contributed by atoms with Gasteiger partial charge < -0.3 is 19.3 Å². The number of ether oxygens (including phenoxy) is 3. The molecule has 0 aromatic rings. The summed E-state index contributed by atoms with van der Waals surface area (Å²) in [7, 11) is 0. The van der Waals surface area contributed by atoms with Gasteiger partial charge in [-0.3, -0.25) is 0 Å². The molecule has 1 N–H and O–H groups in total. The zero-order chi connectivity index (χ0) is 16.7. The summed E-state index contributed by atoms with van der Waals surface area (Å²) in [5.41, 5.74) is -0.306. The van der Waals surface area contributed by atoms with Gasteiger partial charge in [0.15, 0.2) is 13.4 Å². The number of esters is 1. The van der Waals surface area contributed by atoms with Crippen LogP contribution in [0.25, 0.3) is 0 Å². The van der Waals surface area contributed by atoms with Gasteiger partial charge in [0, 0.05) is 5.57 Å². The van der Waals surface area contributed by atoms with Gasteiger partial charge in [-0.25, -0.2) is 9.18 Å². The first-order chi connectivity index (χ1) is 9.28. The molecule has 1 aliphatic rings. The van der Waals surface area contributed by atoms with Crippen molar-refractivity contribution in [2.45, 2.75) is 30.7 Å². The van der Waals surface area contributed by atoms with Crippen molar-refractivity contribution in [2.75, 3.05) is 13.4 Å². The number of halogens is 6. The van der Waals surface area contributed by atoms with E-state index in [4.69, 9.17) is 5.11 Å². The molecule has 0 saturated carbocycles. The molecule has 0 spiro atoms. The number of hydrogen-bond donors (Lipinski definition) is 1. The van der Waals surface area contributed by atoms with Gasteiger partial charge in [0.25, 0.3) is 0 Å². The first-order valence-corrected chi connectivity index (χ1v) is 5.25. The molecule has 2 unspecified atom stereocenters. The van der Waals surface area contributed by atoms with Crippen LogP contribution in [-0.2, 0) is 19.0 Å². The predicted octanol–water partition coefficient (Wildman–Crippen LogP) is 1.66. The lowest BCUT2D eigenvalue weighted by atomic mass is 9.99. The zero-order valence-electron chi connectivity index (χ0n) is 10.5. The molecule has 0 bridgehead atoms. The minimum Gasteiger partial charge on any atom is -0.456 e. The van der Waals surface area contributed by atoms with Crippen LogP contribution in [0, 0.1) is 0 Å². The maximum Gasteiger partial charge on any atom is 0.450 e. The summed E-state index contributed by atoms with van der Waals surface area (Å²) in [6.07, 6.45) is -6.02. The number of alkyl halides is 6. The van der Waals surface area contributed by atoms with Crippen molar-refractivity contribution < 1.29 is 50.5 Å². The van der Waals surface area contributed by atoms with Gasteiger partial charge in [-0.1, -0.05) is 6.58 Å². The molecule has 0 amide bonds. The van der Waals surface area contributed by atoms with Crippen LogP contribution in [-0.4, -0.2) is 48.2 Å². The van der Waals surface area contributed by atoms with Crippen molar-refractivity contribution in [3.63, 3.8) is 0 Å². The van der Waals surface area contributed by atoms with E-state index in [-0.39, 0.29) is 5.57 Å². The molecule has 2 atom stereocenters. The average molecular weight is 324 g/mol. The van der Waals surface area contributed by atoms with Gasteiger partial charge in [0.05, 0.1) is 0 Å². The Labute approximate surface area is 114 Å². The van der Waals surface area contributed by atoms with Crippen molar-refractivity contribution in [3.8, 4) is 0 Å². The van der Waals surface area contributed by atoms with E-state index in [1.807, 2.05) is 0 Å². The highest BCUT2D eigenvalue weighted by Crippen LogP contribution is 2.52. The molecule has 0 aliphatic carbocycles. The van der Waals surface area contributed by atoms with Crippen LogP contribution < -0.4 is 0 Å². The predicted molar refractivity (Wildman–Crippen MR) is 52.6 cm³/mol. The number of aliphatic hydroxyl groups is 1. The van der Waals surface area contributed by atoms with E-state index in [1.54, 1.807) is 0 Å². The van der Waals surface area contributed by atoms with Crippen LogP contribution in [0.2, 0.25) is 0 Å². The summed E-state index contributed by atoms with van der Waals surface area (Å²) in [5.74, 6) is -16.5. The lowest BCUT2D eigenvalue weighted by Crippen LogP contribution is -2.73. The normalized spacial score (nSPS) is 32.6. The molecule has 1 rings (SSSR count). The van der Waals surface area contributed by atoms with Crippen LogP contribution in [0.5, 0.6) is 0 Å². The molecule has 1 fully saturated rings. The third kappa shape index (κ3) is 2.72. The molecule has 0 aromatic heterocycles. The SMILES string of the molecule is C=C(C)C(=O)OCC1(F)OCOC(O)(C(F)(F)F)C1(F)F. The third-order valence-electron chi connectivity index (χ3n) is 2.57. The van der Waals surface area contributed by atoms with E-state index in [9.17, 15) is 31.1 Å². The second kappa shape index (κ2) is 5.14. The Morgan fingerprint density at radius 1 is 1.33 bits per heavy atom. The minimum absolute atomic E-state index is 0.306. The molecule has 21 heavy (non-hydrogen) atoms. The zero-order valence-corrected chi connectivity index (χ0v) is 10.5. The smallest absolute Gasteiger partial charge is 0.450 e. The number of rotatable bonds is 3.